The second-order valence-electron chi connectivity index (χ2n) is 3.09. The van der Waals surface area contributed by atoms with Gasteiger partial charge in [0.15, 0.2) is 0 Å². The van der Waals surface area contributed by atoms with Crippen molar-refractivity contribution < 1.29 is 5.11 Å². The highest BCUT2D eigenvalue weighted by Gasteiger charge is 2.19. The van der Waals surface area contributed by atoms with E-state index in [0.717, 1.165) is 12.3 Å². The minimum atomic E-state index is -0.240. The number of rotatable bonds is 3. The molecule has 1 fully saturated rings. The maximum atomic E-state index is 9.24. The van der Waals surface area contributed by atoms with Crippen LogP contribution in [0.15, 0.2) is 0 Å². The first-order chi connectivity index (χ1) is 4.83. The lowest BCUT2D eigenvalue weighted by atomic mass is 9.81. The minimum Gasteiger partial charge on any atom is -0.392 e. The Morgan fingerprint density at radius 1 is 1.60 bits per heavy atom. The van der Waals surface area contributed by atoms with E-state index >= 15 is 0 Å². The van der Waals surface area contributed by atoms with Crippen molar-refractivity contribution in [3.63, 3.8) is 0 Å². The van der Waals surface area contributed by atoms with Crippen LogP contribution >= 0.6 is 0 Å². The van der Waals surface area contributed by atoms with Gasteiger partial charge in [0.2, 0.25) is 0 Å². The van der Waals surface area contributed by atoms with E-state index in [-0.39, 0.29) is 6.10 Å². The number of aliphatic hydroxyl groups excluding tert-OH is 1. The van der Waals surface area contributed by atoms with Crippen LogP contribution in [0.1, 0.15) is 32.1 Å². The Hall–Kier alpha value is -0.480. The van der Waals surface area contributed by atoms with Gasteiger partial charge in [-0.3, -0.25) is 0 Å². The summed E-state index contributed by atoms with van der Waals surface area (Å²) in [5, 5.41) is 9.24. The van der Waals surface area contributed by atoms with Gasteiger partial charge in [-0.15, -0.1) is 12.3 Å². The van der Waals surface area contributed by atoms with E-state index in [4.69, 9.17) is 6.42 Å². The molecule has 0 amide bonds. The Labute approximate surface area is 62.4 Å². The van der Waals surface area contributed by atoms with Crippen molar-refractivity contribution in [1.82, 2.24) is 0 Å². The second kappa shape index (κ2) is 3.63. The maximum absolute atomic E-state index is 9.24. The second-order valence-corrected chi connectivity index (χ2v) is 3.09. The van der Waals surface area contributed by atoms with Gasteiger partial charge < -0.3 is 5.11 Å². The molecule has 1 unspecified atom stereocenters. The standard InChI is InChI=1S/C9H14O/c1-2-4-9(10)7-8-5-3-6-8/h1,8-10H,3-7H2. The summed E-state index contributed by atoms with van der Waals surface area (Å²) in [6.45, 7) is 0. The van der Waals surface area contributed by atoms with Crippen molar-refractivity contribution in [1.29, 1.82) is 0 Å². The van der Waals surface area contributed by atoms with Crippen LogP contribution in [0.3, 0.4) is 0 Å². The van der Waals surface area contributed by atoms with Crippen molar-refractivity contribution in [2.45, 2.75) is 38.2 Å². The highest BCUT2D eigenvalue weighted by Crippen LogP contribution is 2.30. The van der Waals surface area contributed by atoms with Crippen molar-refractivity contribution >= 4 is 0 Å². The van der Waals surface area contributed by atoms with Crippen LogP contribution in [0.4, 0.5) is 0 Å². The third-order valence-corrected chi connectivity index (χ3v) is 2.18. The SMILES string of the molecule is C#CCC(O)CC1CCC1. The van der Waals surface area contributed by atoms with Crippen LogP contribution < -0.4 is 0 Å². The largest absolute Gasteiger partial charge is 0.392 e. The first-order valence-corrected chi connectivity index (χ1v) is 3.94. The minimum absolute atomic E-state index is 0.240. The van der Waals surface area contributed by atoms with Crippen LogP contribution in [0.5, 0.6) is 0 Å². The van der Waals surface area contributed by atoms with Crippen LogP contribution in [-0.4, -0.2) is 11.2 Å². The van der Waals surface area contributed by atoms with Crippen molar-refractivity contribution in [3.8, 4) is 12.3 Å². The van der Waals surface area contributed by atoms with Crippen molar-refractivity contribution in [3.05, 3.63) is 0 Å². The fraction of sp³-hybridized carbons (Fsp3) is 0.778. The molecule has 10 heavy (non-hydrogen) atoms. The van der Waals surface area contributed by atoms with Gasteiger partial charge in [-0.2, -0.15) is 0 Å². The molecule has 1 aliphatic rings. The normalized spacial score (nSPS) is 21.2. The van der Waals surface area contributed by atoms with Gasteiger partial charge >= 0.3 is 0 Å². The number of hydrogen-bond acceptors (Lipinski definition) is 1. The molecule has 0 aromatic carbocycles. The zero-order chi connectivity index (χ0) is 7.40. The molecule has 0 aromatic heterocycles. The topological polar surface area (TPSA) is 20.2 Å². The molecular formula is C9H14O. The Morgan fingerprint density at radius 3 is 2.70 bits per heavy atom. The lowest BCUT2D eigenvalue weighted by Gasteiger charge is -2.26. The van der Waals surface area contributed by atoms with Crippen LogP contribution in [0, 0.1) is 18.3 Å². The van der Waals surface area contributed by atoms with Crippen LogP contribution in [0.2, 0.25) is 0 Å². The summed E-state index contributed by atoms with van der Waals surface area (Å²) in [4.78, 5) is 0. The molecule has 0 aromatic rings. The van der Waals surface area contributed by atoms with Gasteiger partial charge in [0.05, 0.1) is 6.10 Å². The molecule has 1 atom stereocenters. The monoisotopic (exact) mass is 138 g/mol. The summed E-state index contributed by atoms with van der Waals surface area (Å²) in [5.74, 6) is 3.24. The van der Waals surface area contributed by atoms with Gasteiger partial charge in [0.25, 0.3) is 0 Å². The highest BCUT2D eigenvalue weighted by molar-refractivity contribution is 4.88. The first kappa shape index (κ1) is 7.63. The quantitative estimate of drug-likeness (QED) is 0.587. The van der Waals surface area contributed by atoms with Gasteiger partial charge in [-0.1, -0.05) is 19.3 Å². The molecule has 0 heterocycles. The van der Waals surface area contributed by atoms with E-state index in [1.165, 1.54) is 19.3 Å². The summed E-state index contributed by atoms with van der Waals surface area (Å²) >= 11 is 0. The summed E-state index contributed by atoms with van der Waals surface area (Å²) in [5.41, 5.74) is 0. The fourth-order valence-electron chi connectivity index (χ4n) is 1.33. The Morgan fingerprint density at radius 2 is 2.30 bits per heavy atom. The van der Waals surface area contributed by atoms with Gasteiger partial charge in [0, 0.05) is 6.42 Å². The Balaban J connectivity index is 2.06. The van der Waals surface area contributed by atoms with Crippen molar-refractivity contribution in [2.75, 3.05) is 0 Å². The molecule has 0 bridgehead atoms. The fourth-order valence-corrected chi connectivity index (χ4v) is 1.33. The predicted octanol–water partition coefficient (Wildman–Crippen LogP) is 1.56. The summed E-state index contributed by atoms with van der Waals surface area (Å²) in [7, 11) is 0. The zero-order valence-corrected chi connectivity index (χ0v) is 6.21. The lowest BCUT2D eigenvalue weighted by Crippen LogP contribution is -2.18. The van der Waals surface area contributed by atoms with E-state index in [1.54, 1.807) is 0 Å². The number of aliphatic hydroxyl groups is 1. The molecule has 1 rings (SSSR count). The molecule has 1 aliphatic carbocycles. The van der Waals surface area contributed by atoms with Gasteiger partial charge in [-0.05, 0) is 12.3 Å². The third-order valence-electron chi connectivity index (χ3n) is 2.18. The lowest BCUT2D eigenvalue weighted by molar-refractivity contribution is 0.122. The first-order valence-electron chi connectivity index (χ1n) is 3.94. The Bertz CT molecular complexity index is 130. The average Bonchev–Trinajstić information content (AvgIpc) is 1.80. The van der Waals surface area contributed by atoms with E-state index in [1.807, 2.05) is 0 Å². The van der Waals surface area contributed by atoms with Gasteiger partial charge in [0.1, 0.15) is 0 Å². The average molecular weight is 138 g/mol. The molecule has 0 aliphatic heterocycles. The molecule has 0 spiro atoms. The molecule has 1 saturated carbocycles. The summed E-state index contributed by atoms with van der Waals surface area (Å²) < 4.78 is 0. The molecule has 1 N–H and O–H groups in total. The molecular weight excluding hydrogens is 124 g/mol. The number of hydrogen-bond donors (Lipinski definition) is 1. The maximum Gasteiger partial charge on any atom is 0.0651 e. The van der Waals surface area contributed by atoms with E-state index < -0.39 is 0 Å². The third kappa shape index (κ3) is 2.04. The summed E-state index contributed by atoms with van der Waals surface area (Å²) in [6, 6.07) is 0. The molecule has 1 nitrogen and oxygen atoms in total. The van der Waals surface area contributed by atoms with E-state index in [0.29, 0.717) is 6.42 Å². The Kier molecular flexibility index (Phi) is 2.77. The van der Waals surface area contributed by atoms with Gasteiger partial charge in [-0.25, -0.2) is 0 Å². The van der Waals surface area contributed by atoms with E-state index in [9.17, 15) is 5.11 Å². The van der Waals surface area contributed by atoms with Crippen molar-refractivity contribution in [2.24, 2.45) is 5.92 Å². The smallest absolute Gasteiger partial charge is 0.0651 e. The molecule has 0 saturated heterocycles. The number of terminal acetylenes is 1. The summed E-state index contributed by atoms with van der Waals surface area (Å²) in [6.07, 6.45) is 10.2. The zero-order valence-electron chi connectivity index (χ0n) is 6.21. The molecule has 0 radical (unpaired) electrons. The van der Waals surface area contributed by atoms with Crippen LogP contribution in [-0.2, 0) is 0 Å². The molecule has 1 heteroatoms. The highest BCUT2D eigenvalue weighted by atomic mass is 16.3. The van der Waals surface area contributed by atoms with E-state index in [2.05, 4.69) is 5.92 Å². The molecule has 56 valence electrons. The predicted molar refractivity (Wildman–Crippen MR) is 41.4 cm³/mol. The van der Waals surface area contributed by atoms with Crippen LogP contribution in [0.25, 0.3) is 0 Å².